The van der Waals surface area contributed by atoms with E-state index in [1.165, 1.54) is 5.30 Å². The van der Waals surface area contributed by atoms with Gasteiger partial charge in [0, 0.05) is 18.4 Å². The van der Waals surface area contributed by atoms with E-state index in [4.69, 9.17) is 4.74 Å². The highest BCUT2D eigenvalue weighted by Gasteiger charge is 2.21. The SMILES string of the molecule is CSP(c1ccccc1)N1CCOCC1. The van der Waals surface area contributed by atoms with E-state index in [-0.39, 0.29) is 7.27 Å². The summed E-state index contributed by atoms with van der Waals surface area (Å²) in [7, 11) is -0.202. The van der Waals surface area contributed by atoms with Crippen LogP contribution in [0.15, 0.2) is 30.3 Å². The van der Waals surface area contributed by atoms with Crippen LogP contribution in [0.3, 0.4) is 0 Å². The minimum atomic E-state index is -0.202. The molecule has 1 aromatic carbocycles. The van der Waals surface area contributed by atoms with Crippen molar-refractivity contribution in [3.8, 4) is 0 Å². The van der Waals surface area contributed by atoms with Crippen LogP contribution in [-0.4, -0.2) is 37.2 Å². The number of nitrogens with zero attached hydrogens (tertiary/aromatic N) is 1. The minimum Gasteiger partial charge on any atom is -0.379 e. The summed E-state index contributed by atoms with van der Waals surface area (Å²) in [4.78, 5) is 0. The van der Waals surface area contributed by atoms with Crippen LogP contribution in [-0.2, 0) is 4.74 Å². The standard InChI is InChI=1S/C11H16NOPS/c1-15-14(11-5-3-2-4-6-11)12-7-9-13-10-8-12/h2-6H,7-10H2,1H3. The third-order valence-corrected chi connectivity index (χ3v) is 6.76. The zero-order valence-corrected chi connectivity index (χ0v) is 10.6. The molecule has 0 bridgehead atoms. The fourth-order valence-electron chi connectivity index (χ4n) is 1.68. The van der Waals surface area contributed by atoms with Crippen LogP contribution in [0.1, 0.15) is 0 Å². The molecule has 1 aromatic rings. The summed E-state index contributed by atoms with van der Waals surface area (Å²) in [6.45, 7) is 3.90. The largest absolute Gasteiger partial charge is 0.379 e. The number of benzene rings is 1. The molecule has 0 N–H and O–H groups in total. The Hall–Kier alpha value is -0.0800. The van der Waals surface area contributed by atoms with Gasteiger partial charge in [-0.05, 0) is 6.26 Å². The molecule has 2 nitrogen and oxygen atoms in total. The molecular weight excluding hydrogens is 225 g/mol. The molecule has 4 heteroatoms. The molecule has 0 saturated carbocycles. The van der Waals surface area contributed by atoms with Gasteiger partial charge in [-0.2, -0.15) is 0 Å². The summed E-state index contributed by atoms with van der Waals surface area (Å²) in [6.07, 6.45) is 2.20. The fourth-order valence-corrected chi connectivity index (χ4v) is 5.58. The van der Waals surface area contributed by atoms with Gasteiger partial charge in [0.25, 0.3) is 0 Å². The summed E-state index contributed by atoms with van der Waals surface area (Å²) in [5.74, 6) is 0. The molecule has 1 saturated heterocycles. The Balaban J connectivity index is 2.09. The molecular formula is C11H16NOPS. The molecule has 0 amide bonds. The van der Waals surface area contributed by atoms with Gasteiger partial charge in [0.2, 0.25) is 0 Å². The molecule has 1 aliphatic rings. The van der Waals surface area contributed by atoms with E-state index in [1.807, 2.05) is 11.4 Å². The Morgan fingerprint density at radius 2 is 1.87 bits per heavy atom. The number of ether oxygens (including phenoxy) is 1. The summed E-state index contributed by atoms with van der Waals surface area (Å²) < 4.78 is 7.94. The van der Waals surface area contributed by atoms with Gasteiger partial charge in [-0.1, -0.05) is 30.3 Å². The fraction of sp³-hybridized carbons (Fsp3) is 0.455. The zero-order chi connectivity index (χ0) is 10.5. The van der Waals surface area contributed by atoms with Crippen LogP contribution >= 0.6 is 18.7 Å². The smallest absolute Gasteiger partial charge is 0.0597 e. The summed E-state index contributed by atoms with van der Waals surface area (Å²) >= 11 is 1.96. The Labute approximate surface area is 96.6 Å². The van der Waals surface area contributed by atoms with Crippen LogP contribution in [0.25, 0.3) is 0 Å². The number of hydrogen-bond acceptors (Lipinski definition) is 3. The first-order valence-electron chi connectivity index (χ1n) is 5.13. The van der Waals surface area contributed by atoms with Gasteiger partial charge in [-0.25, -0.2) is 0 Å². The van der Waals surface area contributed by atoms with Crippen LogP contribution in [0.5, 0.6) is 0 Å². The molecule has 1 fully saturated rings. The van der Waals surface area contributed by atoms with E-state index in [0.717, 1.165) is 26.3 Å². The molecule has 15 heavy (non-hydrogen) atoms. The molecule has 1 heterocycles. The molecule has 1 aliphatic heterocycles. The lowest BCUT2D eigenvalue weighted by Crippen LogP contribution is -2.33. The molecule has 82 valence electrons. The first kappa shape index (κ1) is 11.4. The van der Waals surface area contributed by atoms with E-state index < -0.39 is 0 Å². The van der Waals surface area contributed by atoms with Gasteiger partial charge < -0.3 is 4.74 Å². The first-order chi connectivity index (χ1) is 7.42. The maximum Gasteiger partial charge on any atom is 0.0597 e. The van der Waals surface area contributed by atoms with Crippen molar-refractivity contribution in [3.05, 3.63) is 30.3 Å². The van der Waals surface area contributed by atoms with Gasteiger partial charge in [-0.3, -0.25) is 4.67 Å². The van der Waals surface area contributed by atoms with Crippen molar-refractivity contribution in [2.45, 2.75) is 0 Å². The van der Waals surface area contributed by atoms with E-state index in [0.29, 0.717) is 0 Å². The second kappa shape index (κ2) is 5.86. The molecule has 0 radical (unpaired) electrons. The van der Waals surface area contributed by atoms with Crippen molar-refractivity contribution in [3.63, 3.8) is 0 Å². The van der Waals surface area contributed by atoms with Gasteiger partial charge in [-0.15, -0.1) is 11.4 Å². The molecule has 0 aromatic heterocycles. The van der Waals surface area contributed by atoms with Crippen LogP contribution < -0.4 is 5.30 Å². The van der Waals surface area contributed by atoms with Gasteiger partial charge in [0.05, 0.1) is 20.5 Å². The van der Waals surface area contributed by atoms with E-state index in [9.17, 15) is 0 Å². The average molecular weight is 241 g/mol. The third kappa shape index (κ3) is 2.94. The second-order valence-electron chi connectivity index (χ2n) is 3.36. The van der Waals surface area contributed by atoms with Crippen molar-refractivity contribution >= 4 is 24.0 Å². The second-order valence-corrected chi connectivity index (χ2v) is 7.48. The predicted octanol–water partition coefficient (Wildman–Crippen LogP) is 2.32. The normalized spacial score (nSPS) is 20.1. The monoisotopic (exact) mass is 241 g/mol. The van der Waals surface area contributed by atoms with E-state index in [1.54, 1.807) is 0 Å². The summed E-state index contributed by atoms with van der Waals surface area (Å²) in [5, 5.41) is 1.46. The van der Waals surface area contributed by atoms with Crippen LogP contribution in [0, 0.1) is 0 Å². The lowest BCUT2D eigenvalue weighted by Gasteiger charge is -2.33. The maximum atomic E-state index is 5.39. The molecule has 1 unspecified atom stereocenters. The predicted molar refractivity (Wildman–Crippen MR) is 68.9 cm³/mol. The Bertz CT molecular complexity index is 290. The lowest BCUT2D eigenvalue weighted by molar-refractivity contribution is 0.0760. The van der Waals surface area contributed by atoms with Gasteiger partial charge in [0.15, 0.2) is 0 Å². The highest BCUT2D eigenvalue weighted by molar-refractivity contribution is 8.56. The summed E-state index contributed by atoms with van der Waals surface area (Å²) in [6, 6.07) is 10.8. The number of hydrogen-bond donors (Lipinski definition) is 0. The highest BCUT2D eigenvalue weighted by Crippen LogP contribution is 2.50. The molecule has 2 rings (SSSR count). The maximum absolute atomic E-state index is 5.39. The average Bonchev–Trinajstić information content (AvgIpc) is 2.33. The van der Waals surface area contributed by atoms with Crippen molar-refractivity contribution in [1.29, 1.82) is 0 Å². The van der Waals surface area contributed by atoms with Crippen LogP contribution in [0.4, 0.5) is 0 Å². The minimum absolute atomic E-state index is 0.202. The lowest BCUT2D eigenvalue weighted by atomic mass is 10.4. The van der Waals surface area contributed by atoms with Gasteiger partial charge >= 0.3 is 0 Å². The highest BCUT2D eigenvalue weighted by atomic mass is 32.7. The van der Waals surface area contributed by atoms with Crippen molar-refractivity contribution in [2.24, 2.45) is 0 Å². The van der Waals surface area contributed by atoms with Crippen molar-refractivity contribution in [2.75, 3.05) is 32.6 Å². The molecule has 1 atom stereocenters. The third-order valence-electron chi connectivity index (χ3n) is 2.39. The molecule has 0 aliphatic carbocycles. The quantitative estimate of drug-likeness (QED) is 0.754. The van der Waals surface area contributed by atoms with E-state index in [2.05, 4.69) is 41.3 Å². The van der Waals surface area contributed by atoms with Gasteiger partial charge in [0.1, 0.15) is 0 Å². The Morgan fingerprint density at radius 3 is 2.47 bits per heavy atom. The zero-order valence-electron chi connectivity index (χ0n) is 8.93. The Kier molecular flexibility index (Phi) is 4.45. The van der Waals surface area contributed by atoms with E-state index >= 15 is 0 Å². The number of morpholine rings is 1. The van der Waals surface area contributed by atoms with Crippen molar-refractivity contribution in [1.82, 2.24) is 4.67 Å². The first-order valence-corrected chi connectivity index (χ1v) is 8.26. The van der Waals surface area contributed by atoms with Crippen molar-refractivity contribution < 1.29 is 4.74 Å². The Morgan fingerprint density at radius 1 is 1.20 bits per heavy atom. The van der Waals surface area contributed by atoms with Crippen LogP contribution in [0.2, 0.25) is 0 Å². The number of rotatable bonds is 3. The molecule has 0 spiro atoms. The topological polar surface area (TPSA) is 12.5 Å². The summed E-state index contributed by atoms with van der Waals surface area (Å²) in [5.41, 5.74) is 0.